The number of ether oxygens (including phenoxy) is 2. The standard InChI is InChI=1S/C22H31N3O2/c1-18-8-12-25(13-9-18)14-11-23-16-19-15-21(26-2)6-7-22(19)27-17-20-5-3-4-10-24-20/h3-7,10,15,18,23H,8-9,11-14,16-17H2,1-2H3. The Hall–Kier alpha value is -2.11. The molecule has 3 rings (SSSR count). The summed E-state index contributed by atoms with van der Waals surface area (Å²) in [5.74, 6) is 2.60. The summed E-state index contributed by atoms with van der Waals surface area (Å²) < 4.78 is 11.4. The van der Waals surface area contributed by atoms with E-state index in [2.05, 4.69) is 22.1 Å². The van der Waals surface area contributed by atoms with Gasteiger partial charge in [-0.25, -0.2) is 0 Å². The lowest BCUT2D eigenvalue weighted by atomic mass is 9.99. The smallest absolute Gasteiger partial charge is 0.130 e. The Balaban J connectivity index is 1.51. The zero-order valence-corrected chi connectivity index (χ0v) is 16.5. The first-order valence-electron chi connectivity index (χ1n) is 9.87. The highest BCUT2D eigenvalue weighted by Crippen LogP contribution is 2.25. The molecule has 2 heterocycles. The molecule has 0 bridgehead atoms. The fourth-order valence-electron chi connectivity index (χ4n) is 3.34. The van der Waals surface area contributed by atoms with Crippen LogP contribution in [0.2, 0.25) is 0 Å². The molecule has 0 radical (unpaired) electrons. The molecule has 5 nitrogen and oxygen atoms in total. The average Bonchev–Trinajstić information content (AvgIpc) is 2.72. The van der Waals surface area contributed by atoms with Crippen LogP contribution < -0.4 is 14.8 Å². The molecule has 0 atom stereocenters. The van der Waals surface area contributed by atoms with E-state index in [-0.39, 0.29) is 0 Å². The molecule has 1 aliphatic heterocycles. The molecule has 0 saturated carbocycles. The monoisotopic (exact) mass is 369 g/mol. The molecule has 1 aliphatic rings. The molecule has 0 aliphatic carbocycles. The Morgan fingerprint density at radius 1 is 1.19 bits per heavy atom. The second kappa shape index (κ2) is 10.3. The van der Waals surface area contributed by atoms with Crippen LogP contribution in [0, 0.1) is 5.92 Å². The molecule has 0 unspecified atom stereocenters. The van der Waals surface area contributed by atoms with Gasteiger partial charge in [-0.15, -0.1) is 0 Å². The Morgan fingerprint density at radius 2 is 2.04 bits per heavy atom. The predicted molar refractivity (Wildman–Crippen MR) is 108 cm³/mol. The minimum Gasteiger partial charge on any atom is -0.497 e. The molecular formula is C22H31N3O2. The van der Waals surface area contributed by atoms with Crippen molar-refractivity contribution in [3.05, 3.63) is 53.9 Å². The first-order chi connectivity index (χ1) is 13.2. The van der Waals surface area contributed by atoms with Gasteiger partial charge in [0.15, 0.2) is 0 Å². The van der Waals surface area contributed by atoms with E-state index >= 15 is 0 Å². The highest BCUT2D eigenvalue weighted by Gasteiger charge is 2.15. The maximum absolute atomic E-state index is 6.01. The number of nitrogens with one attached hydrogen (secondary N) is 1. The van der Waals surface area contributed by atoms with Gasteiger partial charge in [-0.05, 0) is 62.2 Å². The first kappa shape index (κ1) is 19.6. The number of hydrogen-bond donors (Lipinski definition) is 1. The van der Waals surface area contributed by atoms with Gasteiger partial charge in [-0.2, -0.15) is 0 Å². The second-order valence-electron chi connectivity index (χ2n) is 7.28. The third-order valence-electron chi connectivity index (χ3n) is 5.17. The van der Waals surface area contributed by atoms with Crippen LogP contribution >= 0.6 is 0 Å². The number of pyridine rings is 1. The van der Waals surface area contributed by atoms with Crippen LogP contribution in [-0.4, -0.2) is 43.2 Å². The van der Waals surface area contributed by atoms with Crippen LogP contribution in [0.5, 0.6) is 11.5 Å². The SMILES string of the molecule is COc1ccc(OCc2ccccn2)c(CNCCN2CCC(C)CC2)c1. The van der Waals surface area contributed by atoms with E-state index in [1.807, 2.05) is 36.4 Å². The van der Waals surface area contributed by atoms with Crippen molar-refractivity contribution in [2.24, 2.45) is 5.92 Å². The van der Waals surface area contributed by atoms with E-state index in [1.165, 1.54) is 25.9 Å². The van der Waals surface area contributed by atoms with E-state index in [1.54, 1.807) is 13.3 Å². The lowest BCUT2D eigenvalue weighted by molar-refractivity contribution is 0.193. The number of nitrogens with zero attached hydrogens (tertiary/aromatic N) is 2. The first-order valence-corrected chi connectivity index (χ1v) is 9.87. The summed E-state index contributed by atoms with van der Waals surface area (Å²) in [5, 5.41) is 3.56. The van der Waals surface area contributed by atoms with Crippen molar-refractivity contribution in [2.45, 2.75) is 32.9 Å². The molecule has 1 saturated heterocycles. The van der Waals surface area contributed by atoms with Crippen molar-refractivity contribution in [1.82, 2.24) is 15.2 Å². The highest BCUT2D eigenvalue weighted by molar-refractivity contribution is 5.40. The Kier molecular flexibility index (Phi) is 7.48. The van der Waals surface area contributed by atoms with Crippen LogP contribution in [0.1, 0.15) is 31.0 Å². The largest absolute Gasteiger partial charge is 0.497 e. The molecule has 2 aromatic rings. The van der Waals surface area contributed by atoms with Gasteiger partial charge < -0.3 is 19.7 Å². The summed E-state index contributed by atoms with van der Waals surface area (Å²) in [6.07, 6.45) is 4.43. The van der Waals surface area contributed by atoms with Gasteiger partial charge >= 0.3 is 0 Å². The molecule has 0 spiro atoms. The Morgan fingerprint density at radius 3 is 2.78 bits per heavy atom. The third-order valence-corrected chi connectivity index (χ3v) is 5.17. The van der Waals surface area contributed by atoms with Crippen molar-refractivity contribution in [3.63, 3.8) is 0 Å². The summed E-state index contributed by atoms with van der Waals surface area (Å²) in [6, 6.07) is 11.8. The van der Waals surface area contributed by atoms with E-state index in [0.29, 0.717) is 6.61 Å². The summed E-state index contributed by atoms with van der Waals surface area (Å²) in [6.45, 7) is 8.10. The second-order valence-corrected chi connectivity index (χ2v) is 7.28. The van der Waals surface area contributed by atoms with Gasteiger partial charge in [-0.1, -0.05) is 13.0 Å². The van der Waals surface area contributed by atoms with Crippen molar-refractivity contribution >= 4 is 0 Å². The molecule has 1 fully saturated rings. The zero-order chi connectivity index (χ0) is 18.9. The molecule has 1 aromatic heterocycles. The third kappa shape index (κ3) is 6.22. The van der Waals surface area contributed by atoms with Crippen molar-refractivity contribution < 1.29 is 9.47 Å². The maximum Gasteiger partial charge on any atom is 0.130 e. The summed E-state index contributed by atoms with van der Waals surface area (Å²) in [4.78, 5) is 6.87. The van der Waals surface area contributed by atoms with E-state index in [9.17, 15) is 0 Å². The molecule has 1 aromatic carbocycles. The fraction of sp³-hybridized carbons (Fsp3) is 0.500. The number of likely N-dealkylation sites (tertiary alicyclic amines) is 1. The van der Waals surface area contributed by atoms with Crippen LogP contribution in [0.3, 0.4) is 0 Å². The summed E-state index contributed by atoms with van der Waals surface area (Å²) in [5.41, 5.74) is 2.03. The van der Waals surface area contributed by atoms with Gasteiger partial charge in [-0.3, -0.25) is 4.98 Å². The average molecular weight is 370 g/mol. The van der Waals surface area contributed by atoms with E-state index < -0.39 is 0 Å². The molecule has 27 heavy (non-hydrogen) atoms. The fourth-order valence-corrected chi connectivity index (χ4v) is 3.34. The number of rotatable bonds is 9. The minimum absolute atomic E-state index is 0.464. The van der Waals surface area contributed by atoms with Crippen molar-refractivity contribution in [3.8, 4) is 11.5 Å². The Bertz CT molecular complexity index is 685. The van der Waals surface area contributed by atoms with Crippen molar-refractivity contribution in [1.29, 1.82) is 0 Å². The predicted octanol–water partition coefficient (Wildman–Crippen LogP) is 3.49. The molecule has 1 N–H and O–H groups in total. The number of hydrogen-bond acceptors (Lipinski definition) is 5. The number of benzene rings is 1. The summed E-state index contributed by atoms with van der Waals surface area (Å²) >= 11 is 0. The van der Waals surface area contributed by atoms with Crippen LogP contribution in [0.4, 0.5) is 0 Å². The van der Waals surface area contributed by atoms with Crippen LogP contribution in [-0.2, 0) is 13.2 Å². The minimum atomic E-state index is 0.464. The number of methoxy groups -OCH3 is 1. The summed E-state index contributed by atoms with van der Waals surface area (Å²) in [7, 11) is 1.69. The molecule has 146 valence electrons. The van der Waals surface area contributed by atoms with Gasteiger partial charge in [0.1, 0.15) is 18.1 Å². The topological polar surface area (TPSA) is 46.6 Å². The lowest BCUT2D eigenvalue weighted by Gasteiger charge is -2.30. The van der Waals surface area contributed by atoms with Gasteiger partial charge in [0.2, 0.25) is 0 Å². The normalized spacial score (nSPS) is 15.6. The molecular weight excluding hydrogens is 338 g/mol. The van der Waals surface area contributed by atoms with Crippen molar-refractivity contribution in [2.75, 3.05) is 33.3 Å². The molecule has 0 amide bonds. The van der Waals surface area contributed by atoms with Crippen LogP contribution in [0.15, 0.2) is 42.6 Å². The van der Waals surface area contributed by atoms with E-state index in [4.69, 9.17) is 9.47 Å². The van der Waals surface area contributed by atoms with Gasteiger partial charge in [0, 0.05) is 31.4 Å². The van der Waals surface area contributed by atoms with E-state index in [0.717, 1.165) is 48.3 Å². The quantitative estimate of drug-likeness (QED) is 0.686. The number of piperidine rings is 1. The Labute approximate surface area is 162 Å². The van der Waals surface area contributed by atoms with Gasteiger partial charge in [0.05, 0.1) is 12.8 Å². The molecule has 5 heteroatoms. The zero-order valence-electron chi connectivity index (χ0n) is 16.5. The highest BCUT2D eigenvalue weighted by atomic mass is 16.5. The number of aromatic nitrogens is 1. The van der Waals surface area contributed by atoms with Crippen LogP contribution in [0.25, 0.3) is 0 Å². The maximum atomic E-state index is 6.01. The van der Waals surface area contributed by atoms with Gasteiger partial charge in [0.25, 0.3) is 0 Å². The lowest BCUT2D eigenvalue weighted by Crippen LogP contribution is -2.37.